The zero-order chi connectivity index (χ0) is 14.0. The SMILES string of the molecule is COC(C)C(=O)N(C)C(C)c1cc2ccccc2o1. The average molecular weight is 261 g/mol. The number of benzene rings is 1. The number of nitrogens with zero attached hydrogens (tertiary/aromatic N) is 1. The number of para-hydroxylation sites is 1. The third-order valence-electron chi connectivity index (χ3n) is 3.49. The lowest BCUT2D eigenvalue weighted by Gasteiger charge is -2.25. The Morgan fingerprint density at radius 3 is 2.63 bits per heavy atom. The van der Waals surface area contributed by atoms with E-state index in [0.717, 1.165) is 16.7 Å². The molecule has 0 bridgehead atoms. The first-order valence-corrected chi connectivity index (χ1v) is 6.32. The van der Waals surface area contributed by atoms with E-state index in [9.17, 15) is 4.79 Å². The lowest BCUT2D eigenvalue weighted by molar-refractivity contribution is -0.141. The van der Waals surface area contributed by atoms with Crippen molar-refractivity contribution in [2.75, 3.05) is 14.2 Å². The molecule has 0 saturated heterocycles. The zero-order valence-electron chi connectivity index (χ0n) is 11.7. The standard InChI is InChI=1S/C15H19NO3/c1-10(16(3)15(17)11(2)18-4)14-9-12-7-5-6-8-13(12)19-14/h5-11H,1-4H3. The van der Waals surface area contributed by atoms with Crippen molar-refractivity contribution < 1.29 is 13.9 Å². The molecule has 0 aliphatic carbocycles. The monoisotopic (exact) mass is 261 g/mol. The molecule has 0 radical (unpaired) electrons. The summed E-state index contributed by atoms with van der Waals surface area (Å²) in [5.74, 6) is 0.718. The molecule has 0 fully saturated rings. The highest BCUT2D eigenvalue weighted by Gasteiger charge is 2.24. The van der Waals surface area contributed by atoms with Crippen LogP contribution in [0.25, 0.3) is 11.0 Å². The topological polar surface area (TPSA) is 42.7 Å². The summed E-state index contributed by atoms with van der Waals surface area (Å²) < 4.78 is 10.8. The number of furan rings is 1. The Morgan fingerprint density at radius 1 is 1.32 bits per heavy atom. The van der Waals surface area contributed by atoms with Crippen LogP contribution in [0.15, 0.2) is 34.7 Å². The maximum absolute atomic E-state index is 12.1. The third-order valence-corrected chi connectivity index (χ3v) is 3.49. The van der Waals surface area contributed by atoms with E-state index in [1.54, 1.807) is 18.9 Å². The lowest BCUT2D eigenvalue weighted by atomic mass is 10.2. The molecule has 1 heterocycles. The first kappa shape index (κ1) is 13.6. The highest BCUT2D eigenvalue weighted by molar-refractivity contribution is 5.81. The number of fused-ring (bicyclic) bond motifs is 1. The van der Waals surface area contributed by atoms with Crippen LogP contribution in [0.3, 0.4) is 0 Å². The summed E-state index contributed by atoms with van der Waals surface area (Å²) in [6, 6.07) is 9.66. The molecule has 2 aromatic rings. The minimum atomic E-state index is -0.447. The first-order valence-electron chi connectivity index (χ1n) is 6.32. The smallest absolute Gasteiger partial charge is 0.251 e. The molecule has 4 nitrogen and oxygen atoms in total. The van der Waals surface area contributed by atoms with Crippen LogP contribution >= 0.6 is 0 Å². The van der Waals surface area contributed by atoms with Crippen LogP contribution < -0.4 is 0 Å². The number of hydrogen-bond acceptors (Lipinski definition) is 3. The van der Waals surface area contributed by atoms with Gasteiger partial charge < -0.3 is 14.1 Å². The molecule has 0 spiro atoms. The van der Waals surface area contributed by atoms with Crippen LogP contribution in [0.4, 0.5) is 0 Å². The number of hydrogen-bond donors (Lipinski definition) is 0. The molecular weight excluding hydrogens is 242 g/mol. The van der Waals surface area contributed by atoms with Crippen molar-refractivity contribution >= 4 is 16.9 Å². The maximum Gasteiger partial charge on any atom is 0.251 e. The van der Waals surface area contributed by atoms with E-state index in [0.29, 0.717) is 0 Å². The zero-order valence-corrected chi connectivity index (χ0v) is 11.7. The number of likely N-dealkylation sites (N-methyl/N-ethyl adjacent to an activating group) is 1. The van der Waals surface area contributed by atoms with Gasteiger partial charge in [-0.15, -0.1) is 0 Å². The predicted octanol–water partition coefficient (Wildman–Crippen LogP) is 2.99. The van der Waals surface area contributed by atoms with Crippen LogP contribution in [0, 0.1) is 0 Å². The van der Waals surface area contributed by atoms with Crippen LogP contribution in [0.2, 0.25) is 0 Å². The van der Waals surface area contributed by atoms with Crippen LogP contribution in [-0.4, -0.2) is 31.1 Å². The van der Waals surface area contributed by atoms with Crippen molar-refractivity contribution in [3.8, 4) is 0 Å². The molecule has 4 heteroatoms. The Balaban J connectivity index is 2.23. The van der Waals surface area contributed by atoms with Crippen molar-refractivity contribution in [2.45, 2.75) is 26.0 Å². The molecule has 1 amide bonds. The van der Waals surface area contributed by atoms with Gasteiger partial charge in [0.15, 0.2) is 0 Å². The van der Waals surface area contributed by atoms with Crippen LogP contribution in [0.5, 0.6) is 0 Å². The van der Waals surface area contributed by atoms with Gasteiger partial charge in [-0.3, -0.25) is 4.79 Å². The molecule has 19 heavy (non-hydrogen) atoms. The summed E-state index contributed by atoms with van der Waals surface area (Å²) in [7, 11) is 3.29. The molecule has 1 aromatic heterocycles. The number of amides is 1. The molecule has 2 unspecified atom stereocenters. The second kappa shape index (κ2) is 5.45. The fourth-order valence-corrected chi connectivity index (χ4v) is 1.98. The molecule has 102 valence electrons. The Hall–Kier alpha value is -1.81. The molecular formula is C15H19NO3. The molecule has 1 aromatic carbocycles. The van der Waals surface area contributed by atoms with Gasteiger partial charge in [-0.1, -0.05) is 18.2 Å². The summed E-state index contributed by atoms with van der Waals surface area (Å²) in [6.45, 7) is 3.68. The molecule has 0 aliphatic rings. The van der Waals surface area contributed by atoms with Crippen molar-refractivity contribution in [3.63, 3.8) is 0 Å². The summed E-state index contributed by atoms with van der Waals surface area (Å²) in [5.41, 5.74) is 0.838. The van der Waals surface area contributed by atoms with Gasteiger partial charge in [-0.25, -0.2) is 0 Å². The number of carbonyl (C=O) groups excluding carboxylic acids is 1. The van der Waals surface area contributed by atoms with Gasteiger partial charge in [0.1, 0.15) is 17.4 Å². The predicted molar refractivity (Wildman–Crippen MR) is 73.9 cm³/mol. The van der Waals surface area contributed by atoms with Crippen molar-refractivity contribution in [1.29, 1.82) is 0 Å². The van der Waals surface area contributed by atoms with E-state index in [4.69, 9.17) is 9.15 Å². The summed E-state index contributed by atoms with van der Waals surface area (Å²) in [4.78, 5) is 13.7. The Labute approximate surface area is 112 Å². The van der Waals surface area contributed by atoms with E-state index < -0.39 is 6.10 Å². The fraction of sp³-hybridized carbons (Fsp3) is 0.400. The van der Waals surface area contributed by atoms with E-state index in [1.807, 2.05) is 37.3 Å². The van der Waals surface area contributed by atoms with E-state index in [2.05, 4.69) is 0 Å². The molecule has 0 N–H and O–H groups in total. The largest absolute Gasteiger partial charge is 0.459 e. The highest BCUT2D eigenvalue weighted by atomic mass is 16.5. The number of ether oxygens (including phenoxy) is 1. The second-order valence-corrected chi connectivity index (χ2v) is 4.69. The summed E-state index contributed by atoms with van der Waals surface area (Å²) in [5, 5.41) is 1.05. The van der Waals surface area contributed by atoms with Gasteiger partial charge in [0.05, 0.1) is 6.04 Å². The van der Waals surface area contributed by atoms with Crippen molar-refractivity contribution in [1.82, 2.24) is 4.90 Å². The maximum atomic E-state index is 12.1. The van der Waals surface area contributed by atoms with Gasteiger partial charge in [-0.05, 0) is 26.0 Å². The van der Waals surface area contributed by atoms with E-state index >= 15 is 0 Å². The van der Waals surface area contributed by atoms with E-state index in [1.165, 1.54) is 7.11 Å². The number of methoxy groups -OCH3 is 1. The van der Waals surface area contributed by atoms with Gasteiger partial charge in [0.25, 0.3) is 5.91 Å². The fourth-order valence-electron chi connectivity index (χ4n) is 1.98. The Kier molecular flexibility index (Phi) is 3.90. The van der Waals surface area contributed by atoms with Gasteiger partial charge in [0, 0.05) is 19.5 Å². The quantitative estimate of drug-likeness (QED) is 0.849. The number of carbonyl (C=O) groups is 1. The van der Waals surface area contributed by atoms with Crippen LogP contribution in [-0.2, 0) is 9.53 Å². The molecule has 0 saturated carbocycles. The molecule has 0 aliphatic heterocycles. The second-order valence-electron chi connectivity index (χ2n) is 4.69. The molecule has 2 atom stereocenters. The summed E-state index contributed by atoms with van der Waals surface area (Å²) in [6.07, 6.45) is -0.447. The minimum Gasteiger partial charge on any atom is -0.459 e. The summed E-state index contributed by atoms with van der Waals surface area (Å²) >= 11 is 0. The normalized spacial score (nSPS) is 14.3. The van der Waals surface area contributed by atoms with Gasteiger partial charge in [-0.2, -0.15) is 0 Å². The van der Waals surface area contributed by atoms with Crippen molar-refractivity contribution in [2.24, 2.45) is 0 Å². The average Bonchev–Trinajstić information content (AvgIpc) is 2.87. The first-order chi connectivity index (χ1) is 9.04. The van der Waals surface area contributed by atoms with Gasteiger partial charge in [0.2, 0.25) is 0 Å². The van der Waals surface area contributed by atoms with Crippen molar-refractivity contribution in [3.05, 3.63) is 36.1 Å². The minimum absolute atomic E-state index is 0.0598. The Bertz CT molecular complexity index is 543. The lowest BCUT2D eigenvalue weighted by Crippen LogP contribution is -2.37. The van der Waals surface area contributed by atoms with Crippen LogP contribution in [0.1, 0.15) is 25.6 Å². The third kappa shape index (κ3) is 2.63. The molecule has 2 rings (SSSR count). The highest BCUT2D eigenvalue weighted by Crippen LogP contribution is 2.26. The Morgan fingerprint density at radius 2 is 2.00 bits per heavy atom. The number of rotatable bonds is 4. The van der Waals surface area contributed by atoms with Gasteiger partial charge >= 0.3 is 0 Å². The van der Waals surface area contributed by atoms with E-state index in [-0.39, 0.29) is 11.9 Å².